The molecule has 120 valence electrons. The Hall–Kier alpha value is -2.79. The Balaban J connectivity index is 1.78. The van der Waals surface area contributed by atoms with Crippen LogP contribution in [-0.2, 0) is 0 Å². The van der Waals surface area contributed by atoms with E-state index in [1.54, 1.807) is 18.2 Å². The van der Waals surface area contributed by atoms with Gasteiger partial charge in [-0.1, -0.05) is 30.3 Å². The van der Waals surface area contributed by atoms with Crippen LogP contribution in [0, 0.1) is 11.2 Å². The Labute approximate surface area is 144 Å². The molecule has 3 aromatic carbocycles. The minimum absolute atomic E-state index is 0.259. The van der Waals surface area contributed by atoms with Crippen LogP contribution in [0.3, 0.4) is 0 Å². The minimum atomic E-state index is -0.259. The lowest BCUT2D eigenvalue weighted by molar-refractivity contribution is 0.626. The van der Waals surface area contributed by atoms with E-state index in [0.29, 0.717) is 17.0 Å². The highest BCUT2D eigenvalue weighted by atomic mass is 32.2. The monoisotopic (exact) mass is 337 g/mol. The predicted molar refractivity (Wildman–Crippen MR) is 99.1 cm³/mol. The first-order valence-corrected chi connectivity index (χ1v) is 8.17. The van der Waals surface area contributed by atoms with E-state index in [-0.39, 0.29) is 5.82 Å². The third-order valence-electron chi connectivity index (χ3n) is 3.49. The fraction of sp³-hybridized carbons (Fsp3) is 0. The number of rotatable bonds is 5. The molecule has 0 bridgehead atoms. The van der Waals surface area contributed by atoms with Gasteiger partial charge in [-0.25, -0.2) is 4.39 Å². The smallest absolute Gasteiger partial charge is 0.123 e. The summed E-state index contributed by atoms with van der Waals surface area (Å²) in [5.74, 6) is -0.259. The molecule has 0 atom stereocenters. The normalized spacial score (nSPS) is 10.4. The molecule has 3 aromatic rings. The first kappa shape index (κ1) is 16.1. The molecule has 0 heterocycles. The molecule has 0 radical (unpaired) electrons. The predicted octanol–water partition coefficient (Wildman–Crippen LogP) is 4.94. The van der Waals surface area contributed by atoms with Crippen molar-refractivity contribution in [2.24, 2.45) is 0 Å². The Morgan fingerprint density at radius 3 is 2.38 bits per heavy atom. The van der Waals surface area contributed by atoms with E-state index >= 15 is 0 Å². The molecule has 0 aromatic heterocycles. The van der Waals surface area contributed by atoms with Crippen LogP contribution in [0.2, 0.25) is 0 Å². The number of anilines is 2. The summed E-state index contributed by atoms with van der Waals surface area (Å²) in [6.07, 6.45) is 0. The highest BCUT2D eigenvalue weighted by molar-refractivity contribution is 8.00. The number of hydrogen-bond acceptors (Lipinski definition) is 4. The van der Waals surface area contributed by atoms with Crippen molar-refractivity contribution in [1.29, 1.82) is 5.41 Å². The molecule has 3 nitrogen and oxygen atoms in total. The van der Waals surface area contributed by atoms with Gasteiger partial charge in [-0.05, 0) is 54.4 Å². The average Bonchev–Trinajstić information content (AvgIpc) is 2.62. The summed E-state index contributed by atoms with van der Waals surface area (Å²) in [6.45, 7) is 0. The van der Waals surface area contributed by atoms with Crippen LogP contribution in [0.5, 0.6) is 0 Å². The summed E-state index contributed by atoms with van der Waals surface area (Å²) in [5, 5.41) is 8.37. The Kier molecular flexibility index (Phi) is 4.82. The first-order chi connectivity index (χ1) is 11.6. The van der Waals surface area contributed by atoms with Gasteiger partial charge in [-0.15, -0.1) is 0 Å². The van der Waals surface area contributed by atoms with Gasteiger partial charge in [0.15, 0.2) is 0 Å². The third-order valence-corrected chi connectivity index (χ3v) is 4.33. The Morgan fingerprint density at radius 1 is 0.958 bits per heavy atom. The van der Waals surface area contributed by atoms with Crippen LogP contribution >= 0.6 is 11.9 Å². The van der Waals surface area contributed by atoms with Gasteiger partial charge in [0.2, 0.25) is 0 Å². The zero-order chi connectivity index (χ0) is 16.9. The van der Waals surface area contributed by atoms with E-state index in [1.807, 2.05) is 42.5 Å². The number of halogens is 1. The van der Waals surface area contributed by atoms with Gasteiger partial charge in [-0.3, -0.25) is 5.41 Å². The second-order valence-electron chi connectivity index (χ2n) is 5.20. The van der Waals surface area contributed by atoms with Gasteiger partial charge >= 0.3 is 0 Å². The zero-order valence-corrected chi connectivity index (χ0v) is 13.6. The minimum Gasteiger partial charge on any atom is -0.398 e. The SMILES string of the molecule is N=C(c1ccccc1)c1cc(NSc2ccc(F)cc2)ccc1N. The first-order valence-electron chi connectivity index (χ1n) is 7.36. The lowest BCUT2D eigenvalue weighted by Crippen LogP contribution is -2.06. The van der Waals surface area contributed by atoms with E-state index in [9.17, 15) is 4.39 Å². The van der Waals surface area contributed by atoms with Gasteiger partial charge in [0.05, 0.1) is 5.71 Å². The molecule has 24 heavy (non-hydrogen) atoms. The van der Waals surface area contributed by atoms with Crippen LogP contribution in [0.1, 0.15) is 11.1 Å². The van der Waals surface area contributed by atoms with Crippen LogP contribution in [0.4, 0.5) is 15.8 Å². The average molecular weight is 337 g/mol. The number of hydrogen-bond donors (Lipinski definition) is 3. The molecule has 0 saturated heterocycles. The molecule has 0 aliphatic carbocycles. The molecule has 0 aliphatic heterocycles. The Bertz CT molecular complexity index is 848. The summed E-state index contributed by atoms with van der Waals surface area (Å²) < 4.78 is 16.1. The summed E-state index contributed by atoms with van der Waals surface area (Å²) in [5.41, 5.74) is 9.28. The number of nitrogen functional groups attached to an aromatic ring is 1. The highest BCUT2D eigenvalue weighted by Crippen LogP contribution is 2.25. The van der Waals surface area contributed by atoms with E-state index in [1.165, 1.54) is 24.1 Å². The lowest BCUT2D eigenvalue weighted by Gasteiger charge is -2.11. The molecule has 3 rings (SSSR count). The van der Waals surface area contributed by atoms with Gasteiger partial charge in [0.1, 0.15) is 5.82 Å². The van der Waals surface area contributed by atoms with Crippen LogP contribution in [0.25, 0.3) is 0 Å². The number of benzene rings is 3. The van der Waals surface area contributed by atoms with Crippen molar-refractivity contribution in [2.75, 3.05) is 10.5 Å². The van der Waals surface area contributed by atoms with Crippen LogP contribution in [0.15, 0.2) is 77.7 Å². The summed E-state index contributed by atoms with van der Waals surface area (Å²) >= 11 is 1.38. The molecule has 0 aliphatic rings. The van der Waals surface area contributed by atoms with Crippen LogP contribution in [-0.4, -0.2) is 5.71 Å². The van der Waals surface area contributed by atoms with Gasteiger partial charge in [-0.2, -0.15) is 0 Å². The molecular weight excluding hydrogens is 321 g/mol. The van der Waals surface area contributed by atoms with Gasteiger partial charge < -0.3 is 10.5 Å². The second kappa shape index (κ2) is 7.19. The molecular formula is C19H16FN3S. The van der Waals surface area contributed by atoms with Crippen molar-refractivity contribution in [3.63, 3.8) is 0 Å². The molecule has 0 spiro atoms. The largest absolute Gasteiger partial charge is 0.398 e. The molecule has 0 fully saturated rings. The van der Waals surface area contributed by atoms with Crippen LogP contribution < -0.4 is 10.5 Å². The summed E-state index contributed by atoms with van der Waals surface area (Å²) in [4.78, 5) is 0.896. The van der Waals surface area contributed by atoms with Crippen molar-refractivity contribution in [3.05, 3.63) is 89.7 Å². The number of nitrogens with two attached hydrogens (primary N) is 1. The lowest BCUT2D eigenvalue weighted by atomic mass is 10.0. The zero-order valence-electron chi connectivity index (χ0n) is 12.8. The fourth-order valence-corrected chi connectivity index (χ4v) is 2.85. The van der Waals surface area contributed by atoms with Gasteiger partial charge in [0.25, 0.3) is 0 Å². The molecule has 5 heteroatoms. The molecule has 0 amide bonds. The van der Waals surface area contributed by atoms with Crippen molar-refractivity contribution in [3.8, 4) is 0 Å². The molecule has 0 unspecified atom stereocenters. The van der Waals surface area contributed by atoms with E-state index in [2.05, 4.69) is 4.72 Å². The third kappa shape index (κ3) is 3.75. The van der Waals surface area contributed by atoms with E-state index < -0.39 is 0 Å². The van der Waals surface area contributed by atoms with Crippen molar-refractivity contribution >= 4 is 29.0 Å². The summed E-state index contributed by atoms with van der Waals surface area (Å²) in [6, 6.07) is 21.2. The van der Waals surface area contributed by atoms with Gasteiger partial charge in [0, 0.05) is 27.4 Å². The second-order valence-corrected chi connectivity index (χ2v) is 6.08. The number of nitrogens with one attached hydrogen (secondary N) is 2. The van der Waals surface area contributed by atoms with E-state index in [0.717, 1.165) is 16.1 Å². The Morgan fingerprint density at radius 2 is 1.67 bits per heavy atom. The standard InChI is InChI=1S/C19H16FN3S/c20-14-6-9-16(10-7-14)24-23-15-8-11-18(21)17(12-15)19(22)13-4-2-1-3-5-13/h1-12,22-23H,21H2. The summed E-state index contributed by atoms with van der Waals surface area (Å²) in [7, 11) is 0. The fourth-order valence-electron chi connectivity index (χ4n) is 2.22. The maximum absolute atomic E-state index is 12.9. The quantitative estimate of drug-likeness (QED) is 0.351. The maximum Gasteiger partial charge on any atom is 0.123 e. The highest BCUT2D eigenvalue weighted by Gasteiger charge is 2.09. The maximum atomic E-state index is 12.9. The molecule has 0 saturated carbocycles. The topological polar surface area (TPSA) is 61.9 Å². The van der Waals surface area contributed by atoms with Crippen molar-refractivity contribution < 1.29 is 4.39 Å². The van der Waals surface area contributed by atoms with Crippen molar-refractivity contribution in [2.45, 2.75) is 4.90 Å². The van der Waals surface area contributed by atoms with E-state index in [4.69, 9.17) is 11.1 Å². The van der Waals surface area contributed by atoms with Crippen molar-refractivity contribution in [1.82, 2.24) is 0 Å². The molecule has 4 N–H and O–H groups in total.